The standard InChI is InChI=1S/C22H26Cl2N2O2S/c1-3-20(22(28)25-4-2)26(13-16-5-9-18(23)10-6-16)21(27)15-29-14-17-7-11-19(24)12-8-17/h5-12,20H,3-4,13-15H2,1-2H3,(H,25,28)/t20-/m1/s1. The topological polar surface area (TPSA) is 49.4 Å². The number of carbonyl (C=O) groups is 2. The molecule has 0 heterocycles. The molecule has 0 spiro atoms. The highest BCUT2D eigenvalue weighted by Crippen LogP contribution is 2.19. The highest BCUT2D eigenvalue weighted by atomic mass is 35.5. The molecule has 29 heavy (non-hydrogen) atoms. The lowest BCUT2D eigenvalue weighted by Crippen LogP contribution is -2.49. The summed E-state index contributed by atoms with van der Waals surface area (Å²) in [7, 11) is 0. The molecular weight excluding hydrogens is 427 g/mol. The van der Waals surface area contributed by atoms with Crippen LogP contribution < -0.4 is 5.32 Å². The van der Waals surface area contributed by atoms with Gasteiger partial charge in [0.05, 0.1) is 5.75 Å². The Morgan fingerprint density at radius 1 is 0.966 bits per heavy atom. The average molecular weight is 453 g/mol. The van der Waals surface area contributed by atoms with Crippen molar-refractivity contribution in [3.8, 4) is 0 Å². The average Bonchev–Trinajstić information content (AvgIpc) is 2.71. The van der Waals surface area contributed by atoms with Crippen molar-refractivity contribution in [1.82, 2.24) is 10.2 Å². The van der Waals surface area contributed by atoms with Crippen molar-refractivity contribution in [3.63, 3.8) is 0 Å². The van der Waals surface area contributed by atoms with Gasteiger partial charge in [-0.3, -0.25) is 9.59 Å². The first kappa shape index (κ1) is 23.6. The summed E-state index contributed by atoms with van der Waals surface area (Å²) in [5, 5.41) is 4.17. The number of rotatable bonds is 10. The maximum Gasteiger partial charge on any atom is 0.242 e. The quantitative estimate of drug-likeness (QED) is 0.540. The molecule has 0 fully saturated rings. The van der Waals surface area contributed by atoms with Gasteiger partial charge in [-0.05, 0) is 48.7 Å². The first-order valence-electron chi connectivity index (χ1n) is 9.58. The van der Waals surface area contributed by atoms with E-state index in [0.29, 0.717) is 41.1 Å². The van der Waals surface area contributed by atoms with Crippen molar-refractivity contribution in [2.24, 2.45) is 0 Å². The van der Waals surface area contributed by atoms with Gasteiger partial charge >= 0.3 is 0 Å². The number of hydrogen-bond acceptors (Lipinski definition) is 3. The third-order valence-electron chi connectivity index (χ3n) is 4.41. The fourth-order valence-corrected chi connectivity index (χ4v) is 4.04. The number of thioether (sulfide) groups is 1. The Morgan fingerprint density at radius 2 is 1.52 bits per heavy atom. The summed E-state index contributed by atoms with van der Waals surface area (Å²) in [5.41, 5.74) is 2.04. The number of nitrogens with one attached hydrogen (secondary N) is 1. The normalized spacial score (nSPS) is 11.7. The molecule has 0 aliphatic rings. The zero-order chi connectivity index (χ0) is 21.2. The molecule has 0 unspecified atom stereocenters. The Bertz CT molecular complexity index is 797. The van der Waals surface area contributed by atoms with Crippen LogP contribution in [0.25, 0.3) is 0 Å². The van der Waals surface area contributed by atoms with E-state index in [2.05, 4.69) is 5.32 Å². The second-order valence-electron chi connectivity index (χ2n) is 6.59. The summed E-state index contributed by atoms with van der Waals surface area (Å²) in [5.74, 6) is 0.818. The van der Waals surface area contributed by atoms with Gasteiger partial charge < -0.3 is 10.2 Å². The predicted molar refractivity (Wildman–Crippen MR) is 122 cm³/mol. The number of amides is 2. The van der Waals surface area contributed by atoms with Gasteiger partial charge in [-0.25, -0.2) is 0 Å². The minimum atomic E-state index is -0.505. The zero-order valence-electron chi connectivity index (χ0n) is 16.7. The van der Waals surface area contributed by atoms with Crippen LogP contribution in [0.2, 0.25) is 10.0 Å². The zero-order valence-corrected chi connectivity index (χ0v) is 19.0. The van der Waals surface area contributed by atoms with Crippen LogP contribution in [0.3, 0.4) is 0 Å². The van der Waals surface area contributed by atoms with Gasteiger partial charge in [-0.1, -0.05) is 54.4 Å². The van der Waals surface area contributed by atoms with E-state index in [1.54, 1.807) is 17.0 Å². The molecule has 0 saturated carbocycles. The lowest BCUT2D eigenvalue weighted by atomic mass is 10.1. The molecule has 156 valence electrons. The van der Waals surface area contributed by atoms with E-state index >= 15 is 0 Å². The first-order chi connectivity index (χ1) is 13.9. The maximum absolute atomic E-state index is 13.0. The lowest BCUT2D eigenvalue weighted by Gasteiger charge is -2.30. The third-order valence-corrected chi connectivity index (χ3v) is 5.90. The highest BCUT2D eigenvalue weighted by Gasteiger charge is 2.28. The Labute approximate surface area is 187 Å². The van der Waals surface area contributed by atoms with Crippen molar-refractivity contribution in [1.29, 1.82) is 0 Å². The van der Waals surface area contributed by atoms with Gasteiger partial charge in [0.1, 0.15) is 6.04 Å². The molecule has 1 N–H and O–H groups in total. The Balaban J connectivity index is 2.08. The second-order valence-corrected chi connectivity index (χ2v) is 8.44. The van der Waals surface area contributed by atoms with Crippen molar-refractivity contribution < 1.29 is 9.59 Å². The molecule has 0 radical (unpaired) electrons. The van der Waals surface area contributed by atoms with Crippen LogP contribution in [-0.4, -0.2) is 35.1 Å². The van der Waals surface area contributed by atoms with Crippen molar-refractivity contribution in [3.05, 3.63) is 69.7 Å². The van der Waals surface area contributed by atoms with Crippen LogP contribution >= 0.6 is 35.0 Å². The Morgan fingerprint density at radius 3 is 2.03 bits per heavy atom. The SMILES string of the molecule is CCNC(=O)[C@@H](CC)N(Cc1ccc(Cl)cc1)C(=O)CSCc1ccc(Cl)cc1. The summed E-state index contributed by atoms with van der Waals surface area (Å²) in [6.45, 7) is 4.69. The van der Waals surface area contributed by atoms with E-state index in [9.17, 15) is 9.59 Å². The molecule has 0 bridgehead atoms. The number of benzene rings is 2. The minimum absolute atomic E-state index is 0.0583. The van der Waals surface area contributed by atoms with Crippen LogP contribution in [-0.2, 0) is 21.9 Å². The number of halogens is 2. The van der Waals surface area contributed by atoms with E-state index in [1.807, 2.05) is 50.2 Å². The van der Waals surface area contributed by atoms with Crippen molar-refractivity contribution in [2.45, 2.75) is 38.6 Å². The smallest absolute Gasteiger partial charge is 0.242 e. The lowest BCUT2D eigenvalue weighted by molar-refractivity contribution is -0.139. The fraction of sp³-hybridized carbons (Fsp3) is 0.364. The van der Waals surface area contributed by atoms with Crippen molar-refractivity contribution >= 4 is 46.8 Å². The van der Waals surface area contributed by atoms with Gasteiger partial charge in [0.25, 0.3) is 0 Å². The van der Waals surface area contributed by atoms with Gasteiger partial charge in [0, 0.05) is 28.9 Å². The number of carbonyl (C=O) groups excluding carboxylic acids is 2. The second kappa shape index (κ2) is 12.1. The monoisotopic (exact) mass is 452 g/mol. The predicted octanol–water partition coefficient (Wildman–Crippen LogP) is 5.17. The summed E-state index contributed by atoms with van der Waals surface area (Å²) in [4.78, 5) is 27.3. The molecule has 0 aliphatic heterocycles. The summed E-state index contributed by atoms with van der Waals surface area (Å²) in [6.07, 6.45) is 0.549. The largest absolute Gasteiger partial charge is 0.355 e. The van der Waals surface area contributed by atoms with E-state index in [4.69, 9.17) is 23.2 Å². The third kappa shape index (κ3) is 7.57. The van der Waals surface area contributed by atoms with Crippen LogP contribution in [0.15, 0.2) is 48.5 Å². The Kier molecular flexibility index (Phi) is 9.85. The van der Waals surface area contributed by atoms with Crippen LogP contribution in [0.1, 0.15) is 31.4 Å². The van der Waals surface area contributed by atoms with Crippen LogP contribution in [0.4, 0.5) is 0 Å². The minimum Gasteiger partial charge on any atom is -0.355 e. The van der Waals surface area contributed by atoms with Gasteiger partial charge in [-0.15, -0.1) is 11.8 Å². The molecule has 2 rings (SSSR count). The number of nitrogens with zero attached hydrogens (tertiary/aromatic N) is 1. The van der Waals surface area contributed by atoms with Crippen LogP contribution in [0, 0.1) is 0 Å². The molecule has 2 aromatic rings. The van der Waals surface area contributed by atoms with E-state index in [-0.39, 0.29) is 11.8 Å². The van der Waals surface area contributed by atoms with Gasteiger partial charge in [-0.2, -0.15) is 0 Å². The molecular formula is C22H26Cl2N2O2S. The molecule has 2 amide bonds. The summed E-state index contributed by atoms with van der Waals surface area (Å²) >= 11 is 13.4. The molecule has 0 saturated heterocycles. The maximum atomic E-state index is 13.0. The summed E-state index contributed by atoms with van der Waals surface area (Å²) < 4.78 is 0. The molecule has 2 aromatic carbocycles. The van der Waals surface area contributed by atoms with E-state index in [1.165, 1.54) is 11.8 Å². The fourth-order valence-electron chi connectivity index (χ4n) is 2.92. The molecule has 7 heteroatoms. The Hall–Kier alpha value is -1.69. The summed E-state index contributed by atoms with van der Waals surface area (Å²) in [6, 6.07) is 14.4. The first-order valence-corrected chi connectivity index (χ1v) is 11.5. The molecule has 0 aliphatic carbocycles. The van der Waals surface area contributed by atoms with E-state index < -0.39 is 6.04 Å². The molecule has 1 atom stereocenters. The highest BCUT2D eigenvalue weighted by molar-refractivity contribution is 7.99. The number of likely N-dealkylation sites (N-methyl/N-ethyl adjacent to an activating group) is 1. The van der Waals surface area contributed by atoms with Gasteiger partial charge in [0.15, 0.2) is 0 Å². The molecule has 4 nitrogen and oxygen atoms in total. The van der Waals surface area contributed by atoms with E-state index in [0.717, 1.165) is 11.1 Å². The molecule has 0 aromatic heterocycles. The van der Waals surface area contributed by atoms with Crippen LogP contribution in [0.5, 0.6) is 0 Å². The van der Waals surface area contributed by atoms with Crippen molar-refractivity contribution in [2.75, 3.05) is 12.3 Å². The number of hydrogen-bond donors (Lipinski definition) is 1. The van der Waals surface area contributed by atoms with Gasteiger partial charge in [0.2, 0.25) is 11.8 Å².